The van der Waals surface area contributed by atoms with Crippen LogP contribution in [0.4, 0.5) is 10.6 Å². The zero-order valence-electron chi connectivity index (χ0n) is 11.4. The lowest BCUT2D eigenvalue weighted by molar-refractivity contribution is 0.190. The normalized spacial score (nSPS) is 19.9. The largest absolute Gasteiger partial charge is 0.360 e. The highest BCUT2D eigenvalue weighted by Crippen LogP contribution is 2.13. The Labute approximate surface area is 117 Å². The molecule has 1 fully saturated rings. The molecule has 1 saturated heterocycles. The van der Waals surface area contributed by atoms with Gasteiger partial charge in [0.25, 0.3) is 0 Å². The van der Waals surface area contributed by atoms with Crippen LogP contribution < -0.4 is 10.0 Å². The van der Waals surface area contributed by atoms with Gasteiger partial charge in [0.1, 0.15) is 5.76 Å². The fourth-order valence-electron chi connectivity index (χ4n) is 2.17. The first-order valence-corrected chi connectivity index (χ1v) is 8.19. The summed E-state index contributed by atoms with van der Waals surface area (Å²) in [7, 11) is -3.26. The minimum Gasteiger partial charge on any atom is -0.360 e. The van der Waals surface area contributed by atoms with E-state index in [1.807, 2.05) is 0 Å². The molecule has 1 aromatic rings. The van der Waals surface area contributed by atoms with E-state index in [0.29, 0.717) is 24.7 Å². The molecule has 2 N–H and O–H groups in total. The topological polar surface area (TPSA) is 105 Å². The van der Waals surface area contributed by atoms with Gasteiger partial charge in [-0.3, -0.25) is 5.32 Å². The van der Waals surface area contributed by atoms with E-state index >= 15 is 0 Å². The van der Waals surface area contributed by atoms with Crippen molar-refractivity contribution in [3.05, 3.63) is 11.8 Å². The average molecular weight is 302 g/mol. The lowest BCUT2D eigenvalue weighted by atomic mass is 10.1. The van der Waals surface area contributed by atoms with Gasteiger partial charge >= 0.3 is 6.03 Å². The summed E-state index contributed by atoms with van der Waals surface area (Å²) in [6.45, 7) is 2.66. The smallest absolute Gasteiger partial charge is 0.323 e. The molecular formula is C11H18N4O4S. The third kappa shape index (κ3) is 4.20. The second kappa shape index (κ2) is 5.80. The van der Waals surface area contributed by atoms with Crippen LogP contribution in [0.15, 0.2) is 10.6 Å². The standard InChI is InChI=1S/C11H18N4O4S/c1-8-6-10(13-19-8)12-11(16)15-5-3-4-9(7-15)14-20(2,17)18/h6,9,14H,3-5,7H2,1-2H3,(H,12,13,16)/t9-/m1/s1. The number of carbonyl (C=O) groups excluding carboxylic acids is 1. The number of nitrogens with one attached hydrogen (secondary N) is 2. The van der Waals surface area contributed by atoms with Crippen molar-refractivity contribution < 1.29 is 17.7 Å². The number of hydrogen-bond donors (Lipinski definition) is 2. The number of hydrogen-bond acceptors (Lipinski definition) is 5. The van der Waals surface area contributed by atoms with Crippen molar-refractivity contribution in [3.63, 3.8) is 0 Å². The number of aromatic nitrogens is 1. The fraction of sp³-hybridized carbons (Fsp3) is 0.636. The van der Waals surface area contributed by atoms with Crippen molar-refractivity contribution in [2.75, 3.05) is 24.7 Å². The molecule has 2 amide bonds. The van der Waals surface area contributed by atoms with Gasteiger partial charge in [0, 0.05) is 25.2 Å². The number of aryl methyl sites for hydroxylation is 1. The Morgan fingerprint density at radius 1 is 1.55 bits per heavy atom. The number of urea groups is 1. The Kier molecular flexibility index (Phi) is 4.29. The highest BCUT2D eigenvalue weighted by molar-refractivity contribution is 7.88. The van der Waals surface area contributed by atoms with Gasteiger partial charge in [0.15, 0.2) is 5.82 Å². The first kappa shape index (κ1) is 14.8. The number of piperidine rings is 1. The van der Waals surface area contributed by atoms with E-state index in [4.69, 9.17) is 4.52 Å². The first-order valence-electron chi connectivity index (χ1n) is 6.30. The van der Waals surface area contributed by atoms with Gasteiger partial charge < -0.3 is 9.42 Å². The number of anilines is 1. The number of amides is 2. The maximum Gasteiger partial charge on any atom is 0.323 e. The molecule has 112 valence electrons. The lowest BCUT2D eigenvalue weighted by Gasteiger charge is -2.32. The van der Waals surface area contributed by atoms with E-state index in [1.54, 1.807) is 17.9 Å². The number of sulfonamides is 1. The fourth-order valence-corrected chi connectivity index (χ4v) is 2.97. The molecule has 0 aromatic carbocycles. The number of likely N-dealkylation sites (tertiary alicyclic amines) is 1. The van der Waals surface area contributed by atoms with Gasteiger partial charge in [-0.05, 0) is 19.8 Å². The molecule has 2 rings (SSSR count). The summed E-state index contributed by atoms with van der Waals surface area (Å²) >= 11 is 0. The van der Waals surface area contributed by atoms with Crippen LogP contribution in [0, 0.1) is 6.92 Å². The van der Waals surface area contributed by atoms with Crippen LogP contribution in [-0.2, 0) is 10.0 Å². The van der Waals surface area contributed by atoms with E-state index in [2.05, 4.69) is 15.2 Å². The van der Waals surface area contributed by atoms with Gasteiger partial charge in [-0.2, -0.15) is 0 Å². The molecule has 0 radical (unpaired) electrons. The summed E-state index contributed by atoms with van der Waals surface area (Å²) in [5.74, 6) is 0.959. The lowest BCUT2D eigenvalue weighted by Crippen LogP contribution is -2.50. The first-order chi connectivity index (χ1) is 9.33. The Morgan fingerprint density at radius 3 is 2.90 bits per heavy atom. The van der Waals surface area contributed by atoms with Crippen molar-refractivity contribution in [1.82, 2.24) is 14.8 Å². The molecule has 8 nitrogen and oxygen atoms in total. The Morgan fingerprint density at radius 2 is 2.30 bits per heavy atom. The number of rotatable bonds is 3. The summed E-state index contributed by atoms with van der Waals surface area (Å²) in [6.07, 6.45) is 2.59. The maximum atomic E-state index is 12.0. The van der Waals surface area contributed by atoms with Gasteiger partial charge in [0.2, 0.25) is 10.0 Å². The third-order valence-corrected chi connectivity index (χ3v) is 3.71. The van der Waals surface area contributed by atoms with Gasteiger partial charge in [-0.1, -0.05) is 5.16 Å². The predicted molar refractivity (Wildman–Crippen MR) is 72.8 cm³/mol. The van der Waals surface area contributed by atoms with Crippen LogP contribution in [-0.4, -0.2) is 49.9 Å². The van der Waals surface area contributed by atoms with Crippen molar-refractivity contribution in [2.24, 2.45) is 0 Å². The molecular weight excluding hydrogens is 284 g/mol. The van der Waals surface area contributed by atoms with Crippen molar-refractivity contribution >= 4 is 21.9 Å². The minimum absolute atomic E-state index is 0.247. The van der Waals surface area contributed by atoms with E-state index in [0.717, 1.165) is 19.1 Å². The molecule has 20 heavy (non-hydrogen) atoms. The van der Waals surface area contributed by atoms with Crippen LogP contribution >= 0.6 is 0 Å². The van der Waals surface area contributed by atoms with Gasteiger partial charge in [0.05, 0.1) is 6.26 Å². The second-order valence-electron chi connectivity index (χ2n) is 4.93. The van der Waals surface area contributed by atoms with E-state index in [-0.39, 0.29) is 12.1 Å². The summed E-state index contributed by atoms with van der Waals surface area (Å²) in [5.41, 5.74) is 0. The van der Waals surface area contributed by atoms with Gasteiger partial charge in [-0.25, -0.2) is 17.9 Å². The molecule has 2 heterocycles. The molecule has 1 aliphatic heterocycles. The highest BCUT2D eigenvalue weighted by Gasteiger charge is 2.25. The van der Waals surface area contributed by atoms with Gasteiger partial charge in [-0.15, -0.1) is 0 Å². The summed E-state index contributed by atoms with van der Waals surface area (Å²) in [6, 6.07) is 1.07. The van der Waals surface area contributed by atoms with E-state index in [1.165, 1.54) is 0 Å². The monoisotopic (exact) mass is 302 g/mol. The van der Waals surface area contributed by atoms with Crippen LogP contribution in [0.25, 0.3) is 0 Å². The molecule has 1 aliphatic rings. The second-order valence-corrected chi connectivity index (χ2v) is 6.71. The molecule has 1 atom stereocenters. The van der Waals surface area contributed by atoms with E-state index in [9.17, 15) is 13.2 Å². The SMILES string of the molecule is Cc1cc(NC(=O)N2CCC[C@@H](NS(C)(=O)=O)C2)no1. The summed E-state index contributed by atoms with van der Waals surface area (Å²) in [5, 5.41) is 6.30. The zero-order valence-corrected chi connectivity index (χ0v) is 12.2. The molecule has 0 saturated carbocycles. The molecule has 0 aliphatic carbocycles. The molecule has 0 spiro atoms. The Balaban J connectivity index is 1.93. The molecule has 0 unspecified atom stereocenters. The summed E-state index contributed by atoms with van der Waals surface area (Å²) in [4.78, 5) is 13.6. The quantitative estimate of drug-likeness (QED) is 0.847. The van der Waals surface area contributed by atoms with Crippen molar-refractivity contribution in [2.45, 2.75) is 25.8 Å². The number of carbonyl (C=O) groups is 1. The Hall–Kier alpha value is -1.61. The molecule has 9 heteroatoms. The van der Waals surface area contributed by atoms with Crippen LogP contribution in [0.5, 0.6) is 0 Å². The average Bonchev–Trinajstić information content (AvgIpc) is 2.73. The zero-order chi connectivity index (χ0) is 14.8. The van der Waals surface area contributed by atoms with Crippen LogP contribution in [0.3, 0.4) is 0 Å². The maximum absolute atomic E-state index is 12.0. The van der Waals surface area contributed by atoms with Crippen molar-refractivity contribution in [1.29, 1.82) is 0 Å². The summed E-state index contributed by atoms with van der Waals surface area (Å²) < 4.78 is 29.8. The Bertz CT molecular complexity index is 583. The number of nitrogens with zero attached hydrogens (tertiary/aromatic N) is 2. The molecule has 1 aromatic heterocycles. The third-order valence-electron chi connectivity index (χ3n) is 2.95. The van der Waals surface area contributed by atoms with Crippen molar-refractivity contribution in [3.8, 4) is 0 Å². The van der Waals surface area contributed by atoms with Crippen LogP contribution in [0.1, 0.15) is 18.6 Å². The van der Waals surface area contributed by atoms with E-state index < -0.39 is 10.0 Å². The highest BCUT2D eigenvalue weighted by atomic mass is 32.2. The molecule has 0 bridgehead atoms. The minimum atomic E-state index is -3.26. The predicted octanol–water partition coefficient (Wildman–Crippen LogP) is 0.529. The van der Waals surface area contributed by atoms with Crippen LogP contribution in [0.2, 0.25) is 0 Å².